The van der Waals surface area contributed by atoms with Gasteiger partial charge in [-0.25, -0.2) is 4.98 Å². The van der Waals surface area contributed by atoms with E-state index in [9.17, 15) is 0 Å². The Morgan fingerprint density at radius 2 is 2.21 bits per heavy atom. The van der Waals surface area contributed by atoms with Crippen LogP contribution >= 0.6 is 0 Å². The molecule has 0 bridgehead atoms. The first-order valence-electron chi connectivity index (χ1n) is 5.45. The second-order valence-electron chi connectivity index (χ2n) is 4.46. The van der Waals surface area contributed by atoms with E-state index in [-0.39, 0.29) is 0 Å². The third-order valence-electron chi connectivity index (χ3n) is 3.22. The minimum absolute atomic E-state index is 0.560. The maximum atomic E-state index is 4.46. The SMILES string of the molecule is CC(C)C(C)n1cnc2c1CCNC2. The fraction of sp³-hybridized carbons (Fsp3) is 0.727. The molecular formula is C11H19N3. The fourth-order valence-corrected chi connectivity index (χ4v) is 1.93. The number of nitrogens with one attached hydrogen (secondary N) is 1. The summed E-state index contributed by atoms with van der Waals surface area (Å²) in [6.07, 6.45) is 3.12. The zero-order valence-corrected chi connectivity index (χ0v) is 9.25. The highest BCUT2D eigenvalue weighted by atomic mass is 15.1. The molecule has 0 saturated carbocycles. The summed E-state index contributed by atoms with van der Waals surface area (Å²) in [7, 11) is 0. The molecule has 2 heterocycles. The van der Waals surface area contributed by atoms with E-state index in [1.54, 1.807) is 0 Å². The number of aromatic nitrogens is 2. The predicted octanol–water partition coefficient (Wildman–Crippen LogP) is 1.75. The first-order chi connectivity index (χ1) is 6.70. The number of nitrogens with zero attached hydrogens (tertiary/aromatic N) is 2. The molecule has 0 fully saturated rings. The Bertz CT molecular complexity index is 314. The molecule has 3 heteroatoms. The second-order valence-corrected chi connectivity index (χ2v) is 4.46. The van der Waals surface area contributed by atoms with Crippen molar-refractivity contribution >= 4 is 0 Å². The Labute approximate surface area is 85.5 Å². The van der Waals surface area contributed by atoms with Crippen LogP contribution in [0.25, 0.3) is 0 Å². The summed E-state index contributed by atoms with van der Waals surface area (Å²) in [5.74, 6) is 0.670. The smallest absolute Gasteiger partial charge is 0.0954 e. The summed E-state index contributed by atoms with van der Waals surface area (Å²) in [5, 5.41) is 3.35. The van der Waals surface area contributed by atoms with Crippen molar-refractivity contribution in [1.82, 2.24) is 14.9 Å². The van der Waals surface area contributed by atoms with Gasteiger partial charge in [-0.05, 0) is 12.8 Å². The molecule has 0 spiro atoms. The monoisotopic (exact) mass is 193 g/mol. The molecule has 14 heavy (non-hydrogen) atoms. The quantitative estimate of drug-likeness (QED) is 0.775. The van der Waals surface area contributed by atoms with Crippen molar-refractivity contribution in [2.24, 2.45) is 5.92 Å². The highest BCUT2D eigenvalue weighted by molar-refractivity contribution is 5.17. The Hall–Kier alpha value is -0.830. The van der Waals surface area contributed by atoms with Crippen molar-refractivity contribution < 1.29 is 0 Å². The lowest BCUT2D eigenvalue weighted by molar-refractivity contribution is 0.394. The number of hydrogen-bond donors (Lipinski definition) is 1. The molecule has 1 unspecified atom stereocenters. The average molecular weight is 193 g/mol. The Morgan fingerprint density at radius 3 is 2.93 bits per heavy atom. The van der Waals surface area contributed by atoms with Crippen LogP contribution in [0.15, 0.2) is 6.33 Å². The molecule has 0 radical (unpaired) electrons. The van der Waals surface area contributed by atoms with Gasteiger partial charge in [-0.2, -0.15) is 0 Å². The third-order valence-corrected chi connectivity index (χ3v) is 3.22. The summed E-state index contributed by atoms with van der Waals surface area (Å²) in [6.45, 7) is 8.82. The Morgan fingerprint density at radius 1 is 1.43 bits per heavy atom. The molecule has 0 aromatic carbocycles. The Balaban J connectivity index is 2.30. The molecule has 1 aliphatic heterocycles. The summed E-state index contributed by atoms with van der Waals surface area (Å²) in [5.41, 5.74) is 2.67. The van der Waals surface area contributed by atoms with Gasteiger partial charge in [-0.15, -0.1) is 0 Å². The van der Waals surface area contributed by atoms with Gasteiger partial charge in [0.15, 0.2) is 0 Å². The van der Waals surface area contributed by atoms with Crippen LogP contribution in [0.1, 0.15) is 38.2 Å². The van der Waals surface area contributed by atoms with E-state index in [4.69, 9.17) is 0 Å². The topological polar surface area (TPSA) is 29.9 Å². The van der Waals surface area contributed by atoms with Crippen LogP contribution in [0, 0.1) is 5.92 Å². The summed E-state index contributed by atoms with van der Waals surface area (Å²) in [4.78, 5) is 4.46. The van der Waals surface area contributed by atoms with E-state index >= 15 is 0 Å². The van der Waals surface area contributed by atoms with E-state index in [1.165, 1.54) is 11.4 Å². The summed E-state index contributed by atoms with van der Waals surface area (Å²) < 4.78 is 2.35. The van der Waals surface area contributed by atoms with Crippen LogP contribution in [-0.2, 0) is 13.0 Å². The maximum absolute atomic E-state index is 4.46. The average Bonchev–Trinajstić information content (AvgIpc) is 2.60. The fourth-order valence-electron chi connectivity index (χ4n) is 1.93. The molecule has 1 N–H and O–H groups in total. The number of hydrogen-bond acceptors (Lipinski definition) is 2. The van der Waals surface area contributed by atoms with Crippen molar-refractivity contribution in [1.29, 1.82) is 0 Å². The molecule has 1 aliphatic rings. The zero-order chi connectivity index (χ0) is 10.1. The van der Waals surface area contributed by atoms with E-state index in [0.29, 0.717) is 12.0 Å². The molecule has 1 atom stereocenters. The van der Waals surface area contributed by atoms with E-state index in [2.05, 4.69) is 35.6 Å². The predicted molar refractivity (Wildman–Crippen MR) is 57.2 cm³/mol. The van der Waals surface area contributed by atoms with Crippen molar-refractivity contribution in [3.63, 3.8) is 0 Å². The van der Waals surface area contributed by atoms with Crippen molar-refractivity contribution in [2.75, 3.05) is 6.54 Å². The van der Waals surface area contributed by atoms with Gasteiger partial charge >= 0.3 is 0 Å². The van der Waals surface area contributed by atoms with Crippen molar-refractivity contribution in [2.45, 2.75) is 39.8 Å². The van der Waals surface area contributed by atoms with Gasteiger partial charge < -0.3 is 9.88 Å². The van der Waals surface area contributed by atoms with Crippen LogP contribution in [0.2, 0.25) is 0 Å². The standard InChI is InChI=1S/C11H19N3/c1-8(2)9(3)14-7-13-10-6-12-5-4-11(10)14/h7-9,12H,4-6H2,1-3H3. The zero-order valence-electron chi connectivity index (χ0n) is 9.25. The number of fused-ring (bicyclic) bond motifs is 1. The molecule has 1 aromatic heterocycles. The highest BCUT2D eigenvalue weighted by Crippen LogP contribution is 2.22. The van der Waals surface area contributed by atoms with E-state index < -0.39 is 0 Å². The third kappa shape index (κ3) is 1.57. The molecule has 78 valence electrons. The molecule has 0 aliphatic carbocycles. The highest BCUT2D eigenvalue weighted by Gasteiger charge is 2.19. The minimum Gasteiger partial charge on any atom is -0.331 e. The van der Waals surface area contributed by atoms with Gasteiger partial charge in [0.25, 0.3) is 0 Å². The van der Waals surface area contributed by atoms with Crippen LogP contribution in [0.5, 0.6) is 0 Å². The second kappa shape index (κ2) is 3.73. The first-order valence-corrected chi connectivity index (χ1v) is 5.45. The molecule has 2 rings (SSSR count). The minimum atomic E-state index is 0.560. The maximum Gasteiger partial charge on any atom is 0.0954 e. The lowest BCUT2D eigenvalue weighted by atomic mass is 10.1. The largest absolute Gasteiger partial charge is 0.331 e. The lowest BCUT2D eigenvalue weighted by Gasteiger charge is -2.22. The van der Waals surface area contributed by atoms with Gasteiger partial charge in [0.1, 0.15) is 0 Å². The summed E-state index contributed by atoms with van der Waals surface area (Å²) in [6, 6.07) is 0.560. The van der Waals surface area contributed by atoms with Crippen molar-refractivity contribution in [3.05, 3.63) is 17.7 Å². The first kappa shape index (κ1) is 9.71. The van der Waals surface area contributed by atoms with Crippen LogP contribution in [0.4, 0.5) is 0 Å². The summed E-state index contributed by atoms with van der Waals surface area (Å²) >= 11 is 0. The van der Waals surface area contributed by atoms with Crippen molar-refractivity contribution in [3.8, 4) is 0 Å². The van der Waals surface area contributed by atoms with E-state index in [0.717, 1.165) is 19.5 Å². The van der Waals surface area contributed by atoms with Gasteiger partial charge in [-0.1, -0.05) is 13.8 Å². The number of imidazole rings is 1. The Kier molecular flexibility index (Phi) is 2.59. The normalized spacial score (nSPS) is 18.3. The number of rotatable bonds is 2. The van der Waals surface area contributed by atoms with E-state index in [1.807, 2.05) is 6.33 Å². The molecule has 0 amide bonds. The van der Waals surface area contributed by atoms with Crippen LogP contribution in [-0.4, -0.2) is 16.1 Å². The lowest BCUT2D eigenvalue weighted by Crippen LogP contribution is -2.26. The molecule has 0 saturated heterocycles. The van der Waals surface area contributed by atoms with Gasteiger partial charge in [0.05, 0.1) is 12.0 Å². The van der Waals surface area contributed by atoms with Gasteiger partial charge in [-0.3, -0.25) is 0 Å². The van der Waals surface area contributed by atoms with Crippen LogP contribution < -0.4 is 5.32 Å². The van der Waals surface area contributed by atoms with Gasteiger partial charge in [0.2, 0.25) is 0 Å². The molecular weight excluding hydrogens is 174 g/mol. The van der Waals surface area contributed by atoms with Gasteiger partial charge in [0, 0.05) is 31.2 Å². The molecule has 3 nitrogen and oxygen atoms in total. The van der Waals surface area contributed by atoms with Crippen LogP contribution in [0.3, 0.4) is 0 Å². The molecule has 1 aromatic rings.